The number of aromatic nitrogens is 1. The molecule has 0 saturated carbocycles. The number of cyclic esters (lactones) is 1. The molecule has 0 spiro atoms. The van der Waals surface area contributed by atoms with E-state index in [4.69, 9.17) is 4.74 Å². The Bertz CT molecular complexity index is 884. The fourth-order valence-electron chi connectivity index (χ4n) is 3.01. The van der Waals surface area contributed by atoms with Crippen LogP contribution in [-0.4, -0.2) is 57.5 Å². The van der Waals surface area contributed by atoms with Gasteiger partial charge in [-0.1, -0.05) is 19.9 Å². The minimum atomic E-state index is -0.834. The first-order valence-corrected chi connectivity index (χ1v) is 12.6. The summed E-state index contributed by atoms with van der Waals surface area (Å²) >= 11 is 7.05. The Hall–Kier alpha value is -1.85. The van der Waals surface area contributed by atoms with E-state index in [1.165, 1.54) is 23.1 Å². The van der Waals surface area contributed by atoms with Crippen molar-refractivity contribution in [3.63, 3.8) is 0 Å². The Morgan fingerprint density at radius 3 is 2.90 bits per heavy atom. The van der Waals surface area contributed by atoms with Crippen LogP contribution in [0.25, 0.3) is 0 Å². The van der Waals surface area contributed by atoms with Gasteiger partial charge in [0.2, 0.25) is 11.8 Å². The molecule has 8 nitrogen and oxygen atoms in total. The molecule has 0 radical (unpaired) electrons. The van der Waals surface area contributed by atoms with Gasteiger partial charge in [0.15, 0.2) is 0 Å². The lowest BCUT2D eigenvalue weighted by molar-refractivity contribution is -0.153. The summed E-state index contributed by atoms with van der Waals surface area (Å²) in [6.45, 7) is 3.94. The van der Waals surface area contributed by atoms with Crippen molar-refractivity contribution >= 4 is 58.6 Å². The molecule has 3 rings (SSSR count). The van der Waals surface area contributed by atoms with E-state index in [9.17, 15) is 14.4 Å². The molecule has 0 fully saturated rings. The lowest BCUT2D eigenvalue weighted by Crippen LogP contribution is -2.49. The average molecular weight is 483 g/mol. The third-order valence-electron chi connectivity index (χ3n) is 4.68. The Morgan fingerprint density at radius 2 is 2.16 bits per heavy atom. The molecule has 4 bridgehead atoms. The van der Waals surface area contributed by atoms with Crippen molar-refractivity contribution in [1.82, 2.24) is 15.6 Å². The molecule has 3 heterocycles. The van der Waals surface area contributed by atoms with E-state index >= 15 is 0 Å². The number of allylic oxidation sites excluding steroid dienone is 1. The standard InChI is InChI=1S/C20H26N4O4S3/c1-11(2)17-20(27)28-12(5-3-4-6-29)7-15(25)21-8-16-22-14(10-30-16)19-23-13(9-31-19)18(26)24-17/h3,5,10-13,17,29H,4,6-9H2,1-2H3,(H,21,25)(H,24,26). The van der Waals surface area contributed by atoms with E-state index in [0.29, 0.717) is 28.7 Å². The number of ether oxygens (including phenoxy) is 1. The van der Waals surface area contributed by atoms with Gasteiger partial charge in [0.25, 0.3) is 0 Å². The first kappa shape index (κ1) is 23.8. The quantitative estimate of drug-likeness (QED) is 0.344. The maximum absolute atomic E-state index is 12.9. The molecule has 1 aromatic heterocycles. The number of amides is 2. The molecule has 2 aliphatic heterocycles. The molecular weight excluding hydrogens is 456 g/mol. The van der Waals surface area contributed by atoms with Crippen LogP contribution in [0, 0.1) is 5.92 Å². The maximum atomic E-state index is 12.9. The predicted octanol–water partition coefficient (Wildman–Crippen LogP) is 1.95. The number of hydrogen-bond acceptors (Lipinski definition) is 9. The van der Waals surface area contributed by atoms with Gasteiger partial charge in [-0.2, -0.15) is 12.6 Å². The van der Waals surface area contributed by atoms with Crippen LogP contribution in [0.1, 0.15) is 37.4 Å². The summed E-state index contributed by atoms with van der Waals surface area (Å²) in [5.74, 6) is -0.205. The van der Waals surface area contributed by atoms with Crippen molar-refractivity contribution in [2.24, 2.45) is 10.9 Å². The van der Waals surface area contributed by atoms with Gasteiger partial charge in [-0.05, 0) is 24.2 Å². The van der Waals surface area contributed by atoms with Gasteiger partial charge in [0.1, 0.15) is 33.9 Å². The summed E-state index contributed by atoms with van der Waals surface area (Å²) in [4.78, 5) is 47.1. The van der Waals surface area contributed by atoms with Crippen molar-refractivity contribution < 1.29 is 19.1 Å². The lowest BCUT2D eigenvalue weighted by Gasteiger charge is -2.24. The molecule has 2 aliphatic rings. The molecule has 168 valence electrons. The molecule has 0 aromatic carbocycles. The number of rotatable bonds is 4. The highest BCUT2D eigenvalue weighted by molar-refractivity contribution is 8.14. The van der Waals surface area contributed by atoms with Gasteiger partial charge in [-0.25, -0.2) is 9.78 Å². The topological polar surface area (TPSA) is 110 Å². The van der Waals surface area contributed by atoms with Crippen LogP contribution in [0.2, 0.25) is 0 Å². The van der Waals surface area contributed by atoms with Crippen molar-refractivity contribution in [2.75, 3.05) is 11.5 Å². The number of nitrogens with zero attached hydrogens (tertiary/aromatic N) is 2. The monoisotopic (exact) mass is 482 g/mol. The minimum Gasteiger partial charge on any atom is -0.456 e. The smallest absolute Gasteiger partial charge is 0.329 e. The Labute approximate surface area is 195 Å². The fourth-order valence-corrected chi connectivity index (χ4v) is 4.95. The molecule has 3 unspecified atom stereocenters. The van der Waals surface area contributed by atoms with E-state index < -0.39 is 24.2 Å². The molecule has 2 amide bonds. The van der Waals surface area contributed by atoms with E-state index in [-0.39, 0.29) is 30.7 Å². The molecule has 2 N–H and O–H groups in total. The zero-order valence-corrected chi connectivity index (χ0v) is 19.9. The third-order valence-corrected chi connectivity index (χ3v) is 6.86. The number of thioether (sulfide) groups is 1. The van der Waals surface area contributed by atoms with Crippen molar-refractivity contribution in [2.45, 2.75) is 51.4 Å². The van der Waals surface area contributed by atoms with Gasteiger partial charge < -0.3 is 15.4 Å². The third kappa shape index (κ3) is 6.56. The van der Waals surface area contributed by atoms with E-state index in [1.54, 1.807) is 6.08 Å². The van der Waals surface area contributed by atoms with Crippen LogP contribution in [0.4, 0.5) is 0 Å². The van der Waals surface area contributed by atoms with Gasteiger partial charge in [0, 0.05) is 11.1 Å². The van der Waals surface area contributed by atoms with Gasteiger partial charge in [-0.15, -0.1) is 23.1 Å². The van der Waals surface area contributed by atoms with E-state index in [1.807, 2.05) is 25.3 Å². The predicted molar refractivity (Wildman–Crippen MR) is 126 cm³/mol. The van der Waals surface area contributed by atoms with Gasteiger partial charge in [0.05, 0.1) is 13.0 Å². The van der Waals surface area contributed by atoms with Crippen LogP contribution in [0.15, 0.2) is 22.5 Å². The molecule has 1 aromatic rings. The SMILES string of the molecule is CC(C)C1NC(=O)C2CSC(=N2)c2csc(n2)CNC(=O)CC(C=CCCS)OC1=O. The second-order valence-corrected chi connectivity index (χ2v) is 9.91. The minimum absolute atomic E-state index is 0.0169. The Morgan fingerprint density at radius 1 is 1.35 bits per heavy atom. The van der Waals surface area contributed by atoms with Crippen LogP contribution < -0.4 is 10.6 Å². The van der Waals surface area contributed by atoms with Crippen molar-refractivity contribution in [3.8, 4) is 0 Å². The van der Waals surface area contributed by atoms with Crippen LogP contribution in [0.3, 0.4) is 0 Å². The number of carbonyl (C=O) groups excluding carboxylic acids is 3. The van der Waals surface area contributed by atoms with Crippen LogP contribution in [-0.2, 0) is 25.7 Å². The molecular formula is C20H26N4O4S3. The fraction of sp³-hybridized carbons (Fsp3) is 0.550. The average Bonchev–Trinajstić information content (AvgIpc) is 3.39. The van der Waals surface area contributed by atoms with Crippen molar-refractivity contribution in [1.29, 1.82) is 0 Å². The highest BCUT2D eigenvalue weighted by atomic mass is 32.2. The summed E-state index contributed by atoms with van der Waals surface area (Å²) in [6.07, 6.45) is 3.46. The number of aliphatic imine (C=N–C) groups is 1. The second-order valence-electron chi connectivity index (χ2n) is 7.51. The Kier molecular flexibility index (Phi) is 8.56. The van der Waals surface area contributed by atoms with E-state index in [0.717, 1.165) is 5.01 Å². The van der Waals surface area contributed by atoms with Crippen LogP contribution in [0.5, 0.6) is 0 Å². The normalized spacial score (nSPS) is 25.4. The number of thiol groups is 1. The highest BCUT2D eigenvalue weighted by Crippen LogP contribution is 2.25. The summed E-state index contributed by atoms with van der Waals surface area (Å²) < 4.78 is 5.62. The van der Waals surface area contributed by atoms with Gasteiger partial charge in [-0.3, -0.25) is 14.6 Å². The first-order chi connectivity index (χ1) is 14.9. The summed E-state index contributed by atoms with van der Waals surface area (Å²) in [5.41, 5.74) is 0.703. The molecule has 0 aliphatic carbocycles. The summed E-state index contributed by atoms with van der Waals surface area (Å²) in [7, 11) is 0. The number of thiazole rings is 1. The molecule has 3 atom stereocenters. The Balaban J connectivity index is 1.87. The number of esters is 1. The molecule has 0 saturated heterocycles. The van der Waals surface area contributed by atoms with Crippen molar-refractivity contribution in [3.05, 3.63) is 28.2 Å². The zero-order valence-electron chi connectivity index (χ0n) is 17.4. The van der Waals surface area contributed by atoms with E-state index in [2.05, 4.69) is 33.2 Å². The second kappa shape index (κ2) is 11.1. The first-order valence-electron chi connectivity index (χ1n) is 10.1. The molecule has 11 heteroatoms. The highest BCUT2D eigenvalue weighted by Gasteiger charge is 2.33. The number of nitrogens with one attached hydrogen (secondary N) is 2. The summed E-state index contributed by atoms with van der Waals surface area (Å²) in [5, 5.41) is 8.93. The number of fused-ring (bicyclic) bond motifs is 4. The number of hydrogen-bond donors (Lipinski definition) is 3. The zero-order chi connectivity index (χ0) is 22.4. The lowest BCUT2D eigenvalue weighted by atomic mass is 10.0. The maximum Gasteiger partial charge on any atom is 0.329 e. The largest absolute Gasteiger partial charge is 0.456 e. The van der Waals surface area contributed by atoms with Crippen LogP contribution >= 0.6 is 35.7 Å². The summed E-state index contributed by atoms with van der Waals surface area (Å²) in [6, 6.07) is -1.42. The number of carbonyl (C=O) groups is 3. The molecule has 31 heavy (non-hydrogen) atoms. The van der Waals surface area contributed by atoms with Gasteiger partial charge >= 0.3 is 5.97 Å².